The maximum atomic E-state index is 12.3. The topological polar surface area (TPSA) is 70.5 Å². The van der Waals surface area contributed by atoms with Crippen LogP contribution in [0, 0.1) is 0 Å². The lowest BCUT2D eigenvalue weighted by Gasteiger charge is -2.35. The molecule has 0 bridgehead atoms. The zero-order valence-electron chi connectivity index (χ0n) is 12.1. The van der Waals surface area contributed by atoms with Gasteiger partial charge in [-0.15, -0.1) is 0 Å². The van der Waals surface area contributed by atoms with Gasteiger partial charge in [-0.1, -0.05) is 0 Å². The molecule has 1 N–H and O–H groups in total. The minimum atomic E-state index is -0.296. The molecule has 1 aromatic rings. The van der Waals surface area contributed by atoms with Gasteiger partial charge in [0.25, 0.3) is 0 Å². The lowest BCUT2D eigenvalue weighted by molar-refractivity contribution is -0.136. The van der Waals surface area contributed by atoms with Crippen molar-refractivity contribution in [2.75, 3.05) is 32.7 Å². The zero-order valence-corrected chi connectivity index (χ0v) is 12.1. The van der Waals surface area contributed by atoms with E-state index in [2.05, 4.69) is 19.8 Å². The van der Waals surface area contributed by atoms with Gasteiger partial charge in [0.2, 0.25) is 11.8 Å². The predicted octanol–water partition coefficient (Wildman–Crippen LogP) is -0.694. The van der Waals surface area contributed by atoms with E-state index in [9.17, 15) is 9.59 Å². The summed E-state index contributed by atoms with van der Waals surface area (Å²) in [5.41, 5.74) is 0. The minimum Gasteiger partial charge on any atom is -0.344 e. The Morgan fingerprint density at radius 3 is 2.71 bits per heavy atom. The Hall–Kier alpha value is -1.89. The first-order valence-corrected chi connectivity index (χ1v) is 7.48. The van der Waals surface area contributed by atoms with Crippen molar-refractivity contribution < 1.29 is 9.59 Å². The maximum Gasteiger partial charge on any atom is 0.245 e. The van der Waals surface area contributed by atoms with Crippen LogP contribution in [0.15, 0.2) is 18.7 Å². The van der Waals surface area contributed by atoms with Gasteiger partial charge < -0.3 is 14.8 Å². The second-order valence-corrected chi connectivity index (χ2v) is 5.63. The molecule has 0 aromatic carbocycles. The molecule has 0 saturated carbocycles. The van der Waals surface area contributed by atoms with Crippen LogP contribution in [0.3, 0.4) is 0 Å². The maximum absolute atomic E-state index is 12.3. The highest BCUT2D eigenvalue weighted by Gasteiger charge is 2.32. The minimum absolute atomic E-state index is 0.00711. The highest BCUT2D eigenvalue weighted by Crippen LogP contribution is 2.12. The van der Waals surface area contributed by atoms with Gasteiger partial charge in [0.1, 0.15) is 6.04 Å². The molecular weight excluding hydrogens is 270 g/mol. The van der Waals surface area contributed by atoms with Crippen molar-refractivity contribution in [3.05, 3.63) is 18.7 Å². The number of aromatic nitrogens is 2. The molecule has 1 aromatic heterocycles. The fourth-order valence-corrected chi connectivity index (χ4v) is 2.89. The summed E-state index contributed by atoms with van der Waals surface area (Å²) in [6.07, 6.45) is 6.68. The van der Waals surface area contributed by atoms with Crippen molar-refractivity contribution in [3.8, 4) is 0 Å². The number of nitrogens with one attached hydrogen (secondary N) is 1. The van der Waals surface area contributed by atoms with Crippen LogP contribution in [0.1, 0.15) is 12.8 Å². The van der Waals surface area contributed by atoms with Crippen LogP contribution in [0.4, 0.5) is 0 Å². The molecule has 0 aliphatic carbocycles. The van der Waals surface area contributed by atoms with Crippen LogP contribution in [0.2, 0.25) is 0 Å². The van der Waals surface area contributed by atoms with E-state index in [1.165, 1.54) is 0 Å². The number of carbonyl (C=O) groups excluding carboxylic acids is 2. The number of rotatable bonds is 4. The van der Waals surface area contributed by atoms with Crippen molar-refractivity contribution in [1.29, 1.82) is 0 Å². The van der Waals surface area contributed by atoms with Gasteiger partial charge in [-0.3, -0.25) is 14.5 Å². The van der Waals surface area contributed by atoms with Crippen LogP contribution >= 0.6 is 0 Å². The molecule has 0 spiro atoms. The molecule has 2 aliphatic heterocycles. The Morgan fingerprint density at radius 1 is 1.29 bits per heavy atom. The average molecular weight is 291 g/mol. The second kappa shape index (κ2) is 6.26. The van der Waals surface area contributed by atoms with E-state index >= 15 is 0 Å². The second-order valence-electron chi connectivity index (χ2n) is 5.63. The summed E-state index contributed by atoms with van der Waals surface area (Å²) in [7, 11) is 0. The summed E-state index contributed by atoms with van der Waals surface area (Å²) >= 11 is 0. The Labute approximate surface area is 123 Å². The molecule has 2 aliphatic rings. The van der Waals surface area contributed by atoms with Crippen molar-refractivity contribution in [3.63, 3.8) is 0 Å². The largest absolute Gasteiger partial charge is 0.344 e. The summed E-state index contributed by atoms with van der Waals surface area (Å²) in [5, 5.41) is 2.75. The van der Waals surface area contributed by atoms with E-state index in [1.54, 1.807) is 6.20 Å². The van der Waals surface area contributed by atoms with Crippen LogP contribution < -0.4 is 5.32 Å². The lowest BCUT2D eigenvalue weighted by atomic mass is 10.2. The van der Waals surface area contributed by atoms with Gasteiger partial charge in [0.15, 0.2) is 0 Å². The predicted molar refractivity (Wildman–Crippen MR) is 76.4 cm³/mol. The Balaban J connectivity index is 1.42. The van der Waals surface area contributed by atoms with Gasteiger partial charge in [0.05, 0.1) is 6.33 Å². The third-order valence-corrected chi connectivity index (χ3v) is 4.21. The number of imidazole rings is 1. The fourth-order valence-electron chi connectivity index (χ4n) is 2.89. The molecule has 3 heterocycles. The van der Waals surface area contributed by atoms with E-state index in [4.69, 9.17) is 0 Å². The molecule has 2 amide bonds. The first kappa shape index (κ1) is 14.1. The van der Waals surface area contributed by atoms with Crippen molar-refractivity contribution >= 4 is 11.8 Å². The summed E-state index contributed by atoms with van der Waals surface area (Å²) in [5.74, 6) is 0.0717. The number of hydrogen-bond acceptors (Lipinski definition) is 4. The first-order chi connectivity index (χ1) is 10.2. The normalized spacial score (nSPS) is 23.3. The van der Waals surface area contributed by atoms with Crippen LogP contribution in [0.25, 0.3) is 0 Å². The van der Waals surface area contributed by atoms with E-state index < -0.39 is 0 Å². The van der Waals surface area contributed by atoms with Crippen LogP contribution in [-0.2, 0) is 16.1 Å². The van der Waals surface area contributed by atoms with Crippen molar-refractivity contribution in [2.45, 2.75) is 25.4 Å². The van der Waals surface area contributed by atoms with Crippen molar-refractivity contribution in [2.24, 2.45) is 0 Å². The standard InChI is InChI=1S/C14H21N5O2/c20-13-2-1-12(16-13)14(21)19-9-7-17(8-10-19)5-6-18-4-3-15-11-18/h3-4,11-12H,1-2,5-10H2,(H,16,20). The Bertz CT molecular complexity index is 493. The smallest absolute Gasteiger partial charge is 0.245 e. The number of amides is 2. The third-order valence-electron chi connectivity index (χ3n) is 4.21. The van der Waals surface area contributed by atoms with Gasteiger partial charge in [-0.25, -0.2) is 4.98 Å². The quantitative estimate of drug-likeness (QED) is 0.797. The molecule has 21 heavy (non-hydrogen) atoms. The molecule has 1 atom stereocenters. The van der Waals surface area contributed by atoms with Crippen molar-refractivity contribution in [1.82, 2.24) is 24.7 Å². The molecule has 0 radical (unpaired) electrons. The van der Waals surface area contributed by atoms with Crippen LogP contribution in [0.5, 0.6) is 0 Å². The average Bonchev–Trinajstić information content (AvgIpc) is 3.16. The van der Waals surface area contributed by atoms with Gasteiger partial charge in [-0.05, 0) is 6.42 Å². The lowest BCUT2D eigenvalue weighted by Crippen LogP contribution is -2.53. The highest BCUT2D eigenvalue weighted by molar-refractivity contribution is 5.90. The van der Waals surface area contributed by atoms with Gasteiger partial charge in [0, 0.05) is 58.1 Å². The summed E-state index contributed by atoms with van der Waals surface area (Å²) < 4.78 is 2.06. The van der Waals surface area contributed by atoms with E-state index in [1.807, 2.05) is 17.4 Å². The van der Waals surface area contributed by atoms with Gasteiger partial charge >= 0.3 is 0 Å². The fraction of sp³-hybridized carbons (Fsp3) is 0.643. The van der Waals surface area contributed by atoms with Crippen LogP contribution in [-0.4, -0.2) is 69.9 Å². The number of hydrogen-bond donors (Lipinski definition) is 1. The summed E-state index contributed by atoms with van der Waals surface area (Å²) in [4.78, 5) is 31.7. The van der Waals surface area contributed by atoms with E-state index in [0.29, 0.717) is 12.8 Å². The molecule has 2 saturated heterocycles. The molecule has 7 heteroatoms. The Kier molecular flexibility index (Phi) is 4.19. The molecule has 114 valence electrons. The molecular formula is C14H21N5O2. The first-order valence-electron chi connectivity index (χ1n) is 7.48. The third kappa shape index (κ3) is 3.41. The summed E-state index contributed by atoms with van der Waals surface area (Å²) in [6, 6.07) is -0.296. The van der Waals surface area contributed by atoms with E-state index in [-0.39, 0.29) is 17.9 Å². The zero-order chi connectivity index (χ0) is 14.7. The highest BCUT2D eigenvalue weighted by atomic mass is 16.2. The van der Waals surface area contributed by atoms with Gasteiger partial charge in [-0.2, -0.15) is 0 Å². The summed E-state index contributed by atoms with van der Waals surface area (Å²) in [6.45, 7) is 5.16. The molecule has 2 fully saturated rings. The number of nitrogens with zero attached hydrogens (tertiary/aromatic N) is 4. The molecule has 1 unspecified atom stereocenters. The molecule has 7 nitrogen and oxygen atoms in total. The Morgan fingerprint density at radius 2 is 2.10 bits per heavy atom. The van der Waals surface area contributed by atoms with E-state index in [0.717, 1.165) is 39.3 Å². The molecule has 3 rings (SSSR count). The monoisotopic (exact) mass is 291 g/mol. The number of piperazine rings is 1. The number of carbonyl (C=O) groups is 2. The SMILES string of the molecule is O=C1CCC(C(=O)N2CCN(CCn3ccnc3)CC2)N1.